The number of nitrogens with zero attached hydrogens (tertiary/aromatic N) is 2. The van der Waals surface area contributed by atoms with Crippen molar-refractivity contribution in [2.24, 2.45) is 0 Å². The van der Waals surface area contributed by atoms with E-state index in [0.29, 0.717) is 0 Å². The Bertz CT molecular complexity index is 557. The quantitative estimate of drug-likeness (QED) is 0.879. The van der Waals surface area contributed by atoms with Gasteiger partial charge in [0.1, 0.15) is 5.76 Å². The molecule has 7 heteroatoms. The van der Waals surface area contributed by atoms with E-state index in [1.807, 2.05) is 6.92 Å². The maximum absolute atomic E-state index is 11.9. The Balaban J connectivity index is 1.48. The number of hydrogen-bond acceptors (Lipinski definition) is 5. The molecule has 1 aliphatic carbocycles. The van der Waals surface area contributed by atoms with Crippen molar-refractivity contribution in [1.82, 2.24) is 14.8 Å². The van der Waals surface area contributed by atoms with Crippen LogP contribution in [0.3, 0.4) is 0 Å². The van der Waals surface area contributed by atoms with Gasteiger partial charge < -0.3 is 4.52 Å². The average Bonchev–Trinajstić information content (AvgIpc) is 3.19. The van der Waals surface area contributed by atoms with Gasteiger partial charge in [-0.25, -0.2) is 13.1 Å². The summed E-state index contributed by atoms with van der Waals surface area (Å²) >= 11 is 0. The van der Waals surface area contributed by atoms with E-state index in [1.54, 1.807) is 6.20 Å². The monoisotopic (exact) mass is 299 g/mol. The molecule has 1 saturated heterocycles. The molecule has 2 fully saturated rings. The van der Waals surface area contributed by atoms with Crippen molar-refractivity contribution in [3.63, 3.8) is 0 Å². The molecule has 1 aromatic rings. The van der Waals surface area contributed by atoms with E-state index in [-0.39, 0.29) is 11.3 Å². The molecule has 6 nitrogen and oxygen atoms in total. The molecule has 1 saturated carbocycles. The second kappa shape index (κ2) is 5.46. The first-order chi connectivity index (χ1) is 9.54. The molecule has 112 valence electrons. The van der Waals surface area contributed by atoms with E-state index >= 15 is 0 Å². The summed E-state index contributed by atoms with van der Waals surface area (Å²) < 4.78 is 31.7. The van der Waals surface area contributed by atoms with E-state index < -0.39 is 10.0 Å². The van der Waals surface area contributed by atoms with Crippen LogP contribution < -0.4 is 4.72 Å². The molecule has 0 aromatic carbocycles. The lowest BCUT2D eigenvalue weighted by atomic mass is 10.1. The van der Waals surface area contributed by atoms with E-state index in [4.69, 9.17) is 4.52 Å². The smallest absolute Gasteiger partial charge is 0.214 e. The first kappa shape index (κ1) is 14.0. The standard InChI is InChI=1S/C13H21N3O3S/c1-10-11(8-14-19-10)9-16-6-4-12(5-7-16)15-20(17,18)13-2-3-13/h8,12-13,15H,2-7,9H2,1H3. The lowest BCUT2D eigenvalue weighted by Crippen LogP contribution is -2.45. The number of nitrogens with one attached hydrogen (secondary N) is 1. The number of likely N-dealkylation sites (tertiary alicyclic amines) is 1. The van der Waals surface area contributed by atoms with Crippen LogP contribution in [0, 0.1) is 6.92 Å². The topological polar surface area (TPSA) is 75.4 Å². The fourth-order valence-corrected chi connectivity index (χ4v) is 4.28. The maximum atomic E-state index is 11.9. The highest BCUT2D eigenvalue weighted by molar-refractivity contribution is 7.90. The van der Waals surface area contributed by atoms with Gasteiger partial charge in [0.05, 0.1) is 11.4 Å². The van der Waals surface area contributed by atoms with Gasteiger partial charge in [-0.1, -0.05) is 5.16 Å². The van der Waals surface area contributed by atoms with Crippen molar-refractivity contribution in [2.45, 2.75) is 50.4 Å². The second-order valence-corrected chi connectivity index (χ2v) is 7.81. The van der Waals surface area contributed by atoms with Crippen LogP contribution in [0.2, 0.25) is 0 Å². The number of hydrogen-bond donors (Lipinski definition) is 1. The fourth-order valence-electron chi connectivity index (χ4n) is 2.63. The fraction of sp³-hybridized carbons (Fsp3) is 0.769. The van der Waals surface area contributed by atoms with Gasteiger partial charge >= 0.3 is 0 Å². The normalized spacial score (nSPS) is 22.2. The lowest BCUT2D eigenvalue weighted by Gasteiger charge is -2.31. The summed E-state index contributed by atoms with van der Waals surface area (Å²) in [7, 11) is -3.05. The first-order valence-corrected chi connectivity index (χ1v) is 8.73. The van der Waals surface area contributed by atoms with Gasteiger partial charge in [0.15, 0.2) is 0 Å². The van der Waals surface area contributed by atoms with Crippen LogP contribution >= 0.6 is 0 Å². The number of piperidine rings is 1. The minimum atomic E-state index is -3.05. The number of sulfonamides is 1. The Morgan fingerprint density at radius 1 is 1.35 bits per heavy atom. The van der Waals surface area contributed by atoms with Crippen LogP contribution in [0.15, 0.2) is 10.7 Å². The number of aromatic nitrogens is 1. The predicted octanol–water partition coefficient (Wildman–Crippen LogP) is 1.03. The third-order valence-electron chi connectivity index (χ3n) is 4.13. The highest BCUT2D eigenvalue weighted by Crippen LogP contribution is 2.28. The molecule has 0 unspecified atom stereocenters. The molecule has 20 heavy (non-hydrogen) atoms. The van der Waals surface area contributed by atoms with Crippen LogP contribution in [0.4, 0.5) is 0 Å². The Hall–Kier alpha value is -0.920. The molecular formula is C13H21N3O3S. The van der Waals surface area contributed by atoms with Crippen molar-refractivity contribution in [3.8, 4) is 0 Å². The first-order valence-electron chi connectivity index (χ1n) is 7.18. The molecule has 3 rings (SSSR count). The summed E-state index contributed by atoms with van der Waals surface area (Å²) in [6, 6.07) is 0.0976. The summed E-state index contributed by atoms with van der Waals surface area (Å²) in [5, 5.41) is 3.66. The van der Waals surface area contributed by atoms with Crippen LogP contribution in [0.25, 0.3) is 0 Å². The van der Waals surface area contributed by atoms with Gasteiger partial charge in [-0.05, 0) is 32.6 Å². The SMILES string of the molecule is Cc1oncc1CN1CCC(NS(=O)(=O)C2CC2)CC1. The summed E-state index contributed by atoms with van der Waals surface area (Å²) in [4.78, 5) is 2.32. The molecule has 1 N–H and O–H groups in total. The minimum absolute atomic E-state index is 0.0976. The van der Waals surface area contributed by atoms with E-state index in [0.717, 1.165) is 56.6 Å². The van der Waals surface area contributed by atoms with Crippen molar-refractivity contribution in [3.05, 3.63) is 17.5 Å². The molecular weight excluding hydrogens is 278 g/mol. The maximum Gasteiger partial charge on any atom is 0.214 e. The minimum Gasteiger partial charge on any atom is -0.361 e. The molecule has 0 amide bonds. The van der Waals surface area contributed by atoms with Crippen molar-refractivity contribution in [1.29, 1.82) is 0 Å². The summed E-state index contributed by atoms with van der Waals surface area (Å²) in [6.45, 7) is 4.56. The van der Waals surface area contributed by atoms with E-state index in [1.165, 1.54) is 0 Å². The third-order valence-corrected chi connectivity index (χ3v) is 6.14. The van der Waals surface area contributed by atoms with Crippen molar-refractivity contribution >= 4 is 10.0 Å². The van der Waals surface area contributed by atoms with E-state index in [9.17, 15) is 8.42 Å². The van der Waals surface area contributed by atoms with Gasteiger partial charge in [-0.3, -0.25) is 4.90 Å². The lowest BCUT2D eigenvalue weighted by molar-refractivity contribution is 0.199. The third kappa shape index (κ3) is 3.21. The van der Waals surface area contributed by atoms with Gasteiger partial charge in [0, 0.05) is 31.2 Å². The largest absolute Gasteiger partial charge is 0.361 e. The predicted molar refractivity (Wildman–Crippen MR) is 74.6 cm³/mol. The zero-order valence-electron chi connectivity index (χ0n) is 11.7. The molecule has 0 bridgehead atoms. The highest BCUT2D eigenvalue weighted by Gasteiger charge is 2.37. The van der Waals surface area contributed by atoms with Crippen molar-refractivity contribution in [2.75, 3.05) is 13.1 Å². The molecule has 1 aromatic heterocycles. The molecule has 1 aliphatic heterocycles. The molecule has 0 spiro atoms. The van der Waals surface area contributed by atoms with E-state index in [2.05, 4.69) is 14.8 Å². The molecule has 2 aliphatic rings. The molecule has 2 heterocycles. The number of aryl methyl sites for hydroxylation is 1. The summed E-state index contributed by atoms with van der Waals surface area (Å²) in [5.41, 5.74) is 1.11. The van der Waals surface area contributed by atoms with Gasteiger partial charge in [0.25, 0.3) is 0 Å². The summed E-state index contributed by atoms with van der Waals surface area (Å²) in [6.07, 6.45) is 5.14. The van der Waals surface area contributed by atoms with Gasteiger partial charge in [-0.15, -0.1) is 0 Å². The summed E-state index contributed by atoms with van der Waals surface area (Å²) in [5.74, 6) is 0.863. The van der Waals surface area contributed by atoms with Crippen LogP contribution in [0.1, 0.15) is 37.0 Å². The zero-order valence-corrected chi connectivity index (χ0v) is 12.5. The second-order valence-electron chi connectivity index (χ2n) is 5.82. The van der Waals surface area contributed by atoms with Gasteiger partial charge in [0.2, 0.25) is 10.0 Å². The highest BCUT2D eigenvalue weighted by atomic mass is 32.2. The van der Waals surface area contributed by atoms with Crippen molar-refractivity contribution < 1.29 is 12.9 Å². The zero-order chi connectivity index (χ0) is 14.2. The number of rotatable bonds is 5. The Morgan fingerprint density at radius 2 is 2.05 bits per heavy atom. The molecule has 0 atom stereocenters. The van der Waals surface area contributed by atoms with Crippen LogP contribution in [-0.4, -0.2) is 42.9 Å². The molecule has 0 radical (unpaired) electrons. The Labute approximate surface area is 119 Å². The van der Waals surface area contributed by atoms with Crippen LogP contribution in [-0.2, 0) is 16.6 Å². The average molecular weight is 299 g/mol. The Kier molecular flexibility index (Phi) is 3.83. The van der Waals surface area contributed by atoms with Gasteiger partial charge in [-0.2, -0.15) is 0 Å². The van der Waals surface area contributed by atoms with Crippen LogP contribution in [0.5, 0.6) is 0 Å². The Morgan fingerprint density at radius 3 is 2.60 bits per heavy atom.